The second-order valence-electron chi connectivity index (χ2n) is 11.8. The number of amides is 3. The highest BCUT2D eigenvalue weighted by atomic mass is 35.5. The van der Waals surface area contributed by atoms with Gasteiger partial charge < -0.3 is 29.7 Å². The molecule has 1 fully saturated rings. The van der Waals surface area contributed by atoms with Gasteiger partial charge in [0.2, 0.25) is 17.2 Å². The van der Waals surface area contributed by atoms with E-state index in [1.54, 1.807) is 32.8 Å². The van der Waals surface area contributed by atoms with Crippen LogP contribution in [0.1, 0.15) is 40.1 Å². The molecule has 1 aliphatic heterocycles. The van der Waals surface area contributed by atoms with Crippen molar-refractivity contribution in [3.8, 4) is 5.75 Å². The van der Waals surface area contributed by atoms with Gasteiger partial charge in [0.25, 0.3) is 5.91 Å². The fraction of sp³-hybridized carbons (Fsp3) is 0.333. The number of fused-ring (bicyclic) bond motifs is 1. The molecule has 3 aromatic heterocycles. The average Bonchev–Trinajstić information content (AvgIpc) is 3.09. The van der Waals surface area contributed by atoms with Gasteiger partial charge >= 0.3 is 6.18 Å². The zero-order valence-corrected chi connectivity index (χ0v) is 28.7. The van der Waals surface area contributed by atoms with Gasteiger partial charge in [0.05, 0.1) is 33.9 Å². The molecule has 2 N–H and O–H groups in total. The lowest BCUT2D eigenvalue weighted by molar-refractivity contribution is -0.137. The van der Waals surface area contributed by atoms with Gasteiger partial charge in [-0.3, -0.25) is 19.2 Å². The van der Waals surface area contributed by atoms with Gasteiger partial charge in [-0.1, -0.05) is 18.5 Å². The van der Waals surface area contributed by atoms with Gasteiger partial charge in [0.15, 0.2) is 22.6 Å². The summed E-state index contributed by atoms with van der Waals surface area (Å²) in [4.78, 5) is 74.4. The van der Waals surface area contributed by atoms with Gasteiger partial charge in [0.1, 0.15) is 18.6 Å². The van der Waals surface area contributed by atoms with Crippen LogP contribution >= 0.6 is 11.6 Å². The maximum atomic E-state index is 14.2. The van der Waals surface area contributed by atoms with Gasteiger partial charge in [-0.15, -0.1) is 0 Å². The van der Waals surface area contributed by atoms with Gasteiger partial charge in [-0.05, 0) is 37.6 Å². The molecule has 268 valence electrons. The minimum atomic E-state index is -4.63. The Morgan fingerprint density at radius 1 is 1.10 bits per heavy atom. The van der Waals surface area contributed by atoms with Crippen LogP contribution in [0.5, 0.6) is 5.75 Å². The first kappa shape index (κ1) is 36.7. The molecule has 51 heavy (non-hydrogen) atoms. The molecule has 0 radical (unpaired) electrons. The van der Waals surface area contributed by atoms with Gasteiger partial charge in [-0.25, -0.2) is 19.9 Å². The summed E-state index contributed by atoms with van der Waals surface area (Å²) in [6.45, 7) is 3.63. The Labute approximate surface area is 294 Å². The molecule has 1 saturated heterocycles. The summed E-state index contributed by atoms with van der Waals surface area (Å²) in [5.41, 5.74) is -0.592. The van der Waals surface area contributed by atoms with Crippen molar-refractivity contribution in [2.75, 3.05) is 50.5 Å². The highest BCUT2D eigenvalue weighted by Crippen LogP contribution is 2.34. The summed E-state index contributed by atoms with van der Waals surface area (Å²) in [6.07, 6.45) is 0.824. The molecule has 0 spiro atoms. The second-order valence-corrected chi connectivity index (χ2v) is 12.2. The molecule has 5 rings (SSSR count). The molecule has 0 saturated carbocycles. The number of benzene rings is 1. The van der Waals surface area contributed by atoms with Crippen LogP contribution in [0.25, 0.3) is 17.2 Å². The van der Waals surface area contributed by atoms with Crippen LogP contribution in [0.4, 0.5) is 24.5 Å². The van der Waals surface area contributed by atoms with Crippen molar-refractivity contribution in [1.29, 1.82) is 0 Å². The number of pyridine rings is 1. The summed E-state index contributed by atoms with van der Waals surface area (Å²) in [7, 11) is 3.15. The zero-order valence-electron chi connectivity index (χ0n) is 28.0. The summed E-state index contributed by atoms with van der Waals surface area (Å²) in [5, 5.41) is 12.6. The van der Waals surface area contributed by atoms with E-state index in [2.05, 4.69) is 25.3 Å². The molecule has 18 heteroatoms. The Kier molecular flexibility index (Phi) is 10.6. The lowest BCUT2D eigenvalue weighted by atomic mass is 10.1. The predicted octanol–water partition coefficient (Wildman–Crippen LogP) is 3.53. The van der Waals surface area contributed by atoms with E-state index in [0.717, 1.165) is 12.1 Å². The number of halogens is 4. The van der Waals surface area contributed by atoms with Crippen molar-refractivity contribution in [3.05, 3.63) is 80.4 Å². The average molecular weight is 728 g/mol. The van der Waals surface area contributed by atoms with E-state index in [0.29, 0.717) is 11.8 Å². The van der Waals surface area contributed by atoms with Crippen LogP contribution in [0, 0.1) is 6.92 Å². The fourth-order valence-electron chi connectivity index (χ4n) is 5.52. The minimum Gasteiger partial charge on any atom is -0.504 e. The number of anilines is 2. The second kappa shape index (κ2) is 14.7. The monoisotopic (exact) mass is 727 g/mol. The van der Waals surface area contributed by atoms with E-state index in [1.807, 2.05) is 0 Å². The van der Waals surface area contributed by atoms with E-state index in [9.17, 15) is 37.5 Å². The molecule has 0 aliphatic carbocycles. The number of carbonyl (C=O) groups excluding carboxylic acids is 3. The van der Waals surface area contributed by atoms with Crippen molar-refractivity contribution in [3.63, 3.8) is 0 Å². The molecule has 14 nitrogen and oxygen atoms in total. The molecule has 4 heterocycles. The van der Waals surface area contributed by atoms with Crippen LogP contribution in [0.2, 0.25) is 5.02 Å². The van der Waals surface area contributed by atoms with Crippen LogP contribution in [0.15, 0.2) is 41.6 Å². The largest absolute Gasteiger partial charge is 0.504 e. The molecule has 0 unspecified atom stereocenters. The number of rotatable bonds is 8. The molecular weight excluding hydrogens is 695 g/mol. The number of hydrogen-bond acceptors (Lipinski definition) is 10. The van der Waals surface area contributed by atoms with E-state index >= 15 is 0 Å². The van der Waals surface area contributed by atoms with Crippen LogP contribution in [-0.4, -0.2) is 97.4 Å². The number of alkyl halides is 3. The Morgan fingerprint density at radius 3 is 2.43 bits per heavy atom. The number of aryl methyl sites for hydroxylation is 1. The molecule has 3 amide bonds. The smallest absolute Gasteiger partial charge is 0.416 e. The highest BCUT2D eigenvalue weighted by molar-refractivity contribution is 6.33. The van der Waals surface area contributed by atoms with Crippen LogP contribution in [-0.2, 0) is 28.7 Å². The number of hydrogen-bond donors (Lipinski definition) is 2. The topological polar surface area (TPSA) is 167 Å². The Morgan fingerprint density at radius 2 is 1.80 bits per heavy atom. The summed E-state index contributed by atoms with van der Waals surface area (Å²) >= 11 is 6.09. The number of piperazine rings is 1. The number of nitrogens with one attached hydrogen (secondary N) is 1. The predicted molar refractivity (Wildman–Crippen MR) is 183 cm³/mol. The number of carbonyl (C=O) groups is 3. The normalized spacial score (nSPS) is 13.6. The fourth-order valence-corrected chi connectivity index (χ4v) is 5.75. The third kappa shape index (κ3) is 7.77. The first-order valence-corrected chi connectivity index (χ1v) is 16.0. The molecule has 4 aromatic rings. The van der Waals surface area contributed by atoms with E-state index in [4.69, 9.17) is 11.6 Å². The van der Waals surface area contributed by atoms with Crippen molar-refractivity contribution in [2.45, 2.75) is 33.0 Å². The summed E-state index contributed by atoms with van der Waals surface area (Å²) in [6, 6.07) is 2.56. The van der Waals surface area contributed by atoms with Crippen LogP contribution in [0.3, 0.4) is 0 Å². The maximum absolute atomic E-state index is 14.2. The summed E-state index contributed by atoms with van der Waals surface area (Å²) < 4.78 is 41.0. The quantitative estimate of drug-likeness (QED) is 0.257. The van der Waals surface area contributed by atoms with Crippen molar-refractivity contribution in [1.82, 2.24) is 34.3 Å². The van der Waals surface area contributed by atoms with Crippen molar-refractivity contribution in [2.24, 2.45) is 0 Å². The Bertz CT molecular complexity index is 2110. The van der Waals surface area contributed by atoms with Crippen LogP contribution < -0.4 is 15.6 Å². The molecular formula is C33H33ClF3N9O5. The number of nitrogens with zero attached hydrogens (tertiary/aromatic N) is 8. The van der Waals surface area contributed by atoms with Gasteiger partial charge in [-0.2, -0.15) is 13.2 Å². The number of aromatic nitrogens is 5. The third-order valence-electron chi connectivity index (χ3n) is 8.19. The lowest BCUT2D eigenvalue weighted by Crippen LogP contribution is -2.50. The molecule has 1 aromatic carbocycles. The standard InChI is InChI=1S/C33H33ClF3N9O5/c1-5-23-28(44-10-12-45(13-11-44)32(51)27-29(49)18(2)39-17-40-27)30(50)26-31(38-15-20(41-26)7-9-25(48)43(3)4)46(23)16-24(47)42-22-8-6-19(14-21(22)34)33(35,36)37/h6-9,14-15,17,49H,5,10-13,16H2,1-4H3,(H,42,47)/b9-7+. The van der Waals surface area contributed by atoms with E-state index in [-0.39, 0.29) is 88.9 Å². The molecule has 0 atom stereocenters. The SMILES string of the molecule is CCc1c(N2CCN(C(=O)c3ncnc(C)c3O)CC2)c(=O)c2nc(/C=C/C(=O)N(C)C)cnc2n1CC(=O)Nc1ccc(C(F)(F)F)cc1Cl. The number of aromatic hydroxyl groups is 1. The van der Waals surface area contributed by atoms with Crippen molar-refractivity contribution < 1.29 is 32.7 Å². The Balaban J connectivity index is 1.53. The maximum Gasteiger partial charge on any atom is 0.416 e. The third-order valence-corrected chi connectivity index (χ3v) is 8.50. The highest BCUT2D eigenvalue weighted by Gasteiger charge is 2.32. The first-order valence-electron chi connectivity index (χ1n) is 15.6. The van der Waals surface area contributed by atoms with E-state index < -0.39 is 35.5 Å². The Hall–Kier alpha value is -5.58. The minimum absolute atomic E-state index is 0.0481. The molecule has 0 bridgehead atoms. The molecule has 1 aliphatic rings. The van der Waals surface area contributed by atoms with Crippen molar-refractivity contribution >= 4 is 57.9 Å². The first-order chi connectivity index (χ1) is 24.1. The van der Waals surface area contributed by atoms with E-state index in [1.165, 1.54) is 39.0 Å². The number of likely N-dealkylation sites (N-methyl/N-ethyl adjacent to an activating group) is 1. The lowest BCUT2D eigenvalue weighted by Gasteiger charge is -2.37. The summed E-state index contributed by atoms with van der Waals surface area (Å²) in [5.74, 6) is -1.81. The zero-order chi connectivity index (χ0) is 37.2. The van der Waals surface area contributed by atoms with Gasteiger partial charge in [0, 0.05) is 52.0 Å².